The molecule has 0 aromatic rings. The highest BCUT2D eigenvalue weighted by Gasteiger charge is 2.69. The molecule has 0 bridgehead atoms. The zero-order valence-electron chi connectivity index (χ0n) is 21.4. The third-order valence-electron chi connectivity index (χ3n) is 8.98. The lowest BCUT2D eigenvalue weighted by Crippen LogP contribution is -2.61. The van der Waals surface area contributed by atoms with Crippen LogP contribution in [0.1, 0.15) is 58.3 Å². The largest absolute Gasteiger partial charge is 0.411 e. The summed E-state index contributed by atoms with van der Waals surface area (Å²) in [4.78, 5) is 12.1. The fourth-order valence-corrected chi connectivity index (χ4v) is 10.6. The van der Waals surface area contributed by atoms with Crippen LogP contribution in [0.25, 0.3) is 0 Å². The Kier molecular flexibility index (Phi) is 6.28. The van der Waals surface area contributed by atoms with Gasteiger partial charge >= 0.3 is 0 Å². The van der Waals surface area contributed by atoms with Crippen molar-refractivity contribution in [3.63, 3.8) is 0 Å². The summed E-state index contributed by atoms with van der Waals surface area (Å²) in [5, 5.41) is 0. The van der Waals surface area contributed by atoms with Gasteiger partial charge in [-0.3, -0.25) is 4.79 Å². The molecule has 1 unspecified atom stereocenters. The third-order valence-corrected chi connectivity index (χ3v) is 10.9. The number of carbonyl (C=O) groups excluding carboxylic acids is 1. The summed E-state index contributed by atoms with van der Waals surface area (Å²) >= 11 is 0. The first-order valence-electron chi connectivity index (χ1n) is 12.9. The lowest BCUT2D eigenvalue weighted by atomic mass is 9.49. The van der Waals surface area contributed by atoms with Crippen molar-refractivity contribution in [1.29, 1.82) is 0 Å². The Morgan fingerprint density at radius 1 is 1.06 bits per heavy atom. The smallest absolute Gasteiger partial charge is 0.185 e. The SMILES string of the molecule is C#CC1(O[Si](C)(C)C)[C@@H](O[Si](C)(C)C)C[C@H]2[C@@H]3CCC4=CC(=O)CC[C@@H]4[C@H]3CC[C@@]21CC. The molecule has 0 N–H and O–H groups in total. The fourth-order valence-electron chi connectivity index (χ4n) is 8.15. The van der Waals surface area contributed by atoms with Crippen LogP contribution >= 0.6 is 0 Å². The van der Waals surface area contributed by atoms with Crippen LogP contribution in [0.15, 0.2) is 11.6 Å². The van der Waals surface area contributed by atoms with Crippen LogP contribution in [0.3, 0.4) is 0 Å². The highest BCUT2D eigenvalue weighted by Crippen LogP contribution is 2.68. The summed E-state index contributed by atoms with van der Waals surface area (Å²) in [5.41, 5.74) is 0.834. The van der Waals surface area contributed by atoms with Gasteiger partial charge in [0.1, 0.15) is 5.60 Å². The van der Waals surface area contributed by atoms with Gasteiger partial charge in [0, 0.05) is 11.8 Å². The van der Waals surface area contributed by atoms with Crippen LogP contribution in [0.5, 0.6) is 0 Å². The Labute approximate surface area is 198 Å². The second kappa shape index (κ2) is 8.22. The minimum Gasteiger partial charge on any atom is -0.411 e. The van der Waals surface area contributed by atoms with Crippen molar-refractivity contribution in [2.75, 3.05) is 0 Å². The number of carbonyl (C=O) groups is 1. The first-order chi connectivity index (χ1) is 14.9. The van der Waals surface area contributed by atoms with Gasteiger partial charge < -0.3 is 8.85 Å². The summed E-state index contributed by atoms with van der Waals surface area (Å²) in [6.07, 6.45) is 17.0. The van der Waals surface area contributed by atoms with Gasteiger partial charge in [-0.1, -0.05) is 18.4 Å². The van der Waals surface area contributed by atoms with Crippen molar-refractivity contribution in [3.8, 4) is 12.3 Å². The van der Waals surface area contributed by atoms with E-state index < -0.39 is 22.2 Å². The summed E-state index contributed by atoms with van der Waals surface area (Å²) < 4.78 is 14.0. The Morgan fingerprint density at radius 2 is 1.78 bits per heavy atom. The van der Waals surface area contributed by atoms with Crippen LogP contribution in [0.4, 0.5) is 0 Å². The van der Waals surface area contributed by atoms with E-state index in [1.54, 1.807) is 0 Å². The molecule has 4 aliphatic rings. The van der Waals surface area contributed by atoms with E-state index in [1.807, 2.05) is 6.08 Å². The molecule has 0 spiro atoms. The third kappa shape index (κ3) is 3.93. The molecule has 3 fully saturated rings. The standard InChI is InChI=1S/C27H44O3Si2/c1-9-26-16-15-22-21-14-12-20(28)17-19(21)11-13-23(22)24(26)18-25(29-31(3,4)5)27(26,10-2)30-32(6,7)8/h2,17,21-25H,9,11-16,18H2,1,3-8H3/t21-,22+,23+,24-,25-,26-,27?/m0/s1. The number of hydrogen-bond donors (Lipinski definition) is 0. The lowest BCUT2D eigenvalue weighted by Gasteiger charge is -2.57. The average Bonchev–Trinajstić information content (AvgIpc) is 2.94. The molecule has 0 heterocycles. The Balaban J connectivity index is 1.76. The first-order valence-corrected chi connectivity index (χ1v) is 19.8. The quantitative estimate of drug-likeness (QED) is 0.335. The number of allylic oxidation sites excluding steroid dienone is 1. The van der Waals surface area contributed by atoms with Crippen molar-refractivity contribution >= 4 is 22.4 Å². The van der Waals surface area contributed by atoms with Crippen LogP contribution in [-0.4, -0.2) is 34.1 Å². The molecule has 4 aliphatic carbocycles. The lowest BCUT2D eigenvalue weighted by molar-refractivity contribution is -0.118. The van der Waals surface area contributed by atoms with Gasteiger partial charge in [-0.25, -0.2) is 0 Å². The minimum atomic E-state index is -1.91. The second-order valence-electron chi connectivity index (χ2n) is 12.9. The molecular weight excluding hydrogens is 428 g/mol. The summed E-state index contributed by atoms with van der Waals surface area (Å²) in [6, 6.07) is 0. The molecule has 3 saturated carbocycles. The van der Waals surface area contributed by atoms with E-state index in [4.69, 9.17) is 15.3 Å². The van der Waals surface area contributed by atoms with Crippen molar-refractivity contribution < 1.29 is 13.6 Å². The molecule has 4 rings (SSSR count). The molecule has 32 heavy (non-hydrogen) atoms. The average molecular weight is 473 g/mol. The molecule has 3 nitrogen and oxygen atoms in total. The van der Waals surface area contributed by atoms with E-state index >= 15 is 0 Å². The predicted molar refractivity (Wildman–Crippen MR) is 136 cm³/mol. The van der Waals surface area contributed by atoms with Crippen molar-refractivity contribution in [1.82, 2.24) is 0 Å². The molecular formula is C27H44O3Si2. The highest BCUT2D eigenvalue weighted by atomic mass is 28.4. The van der Waals surface area contributed by atoms with Crippen molar-refractivity contribution in [2.24, 2.45) is 29.1 Å². The van der Waals surface area contributed by atoms with E-state index in [9.17, 15) is 4.79 Å². The zero-order chi connectivity index (χ0) is 23.5. The number of ketones is 1. The van der Waals surface area contributed by atoms with Crippen molar-refractivity contribution in [3.05, 3.63) is 11.6 Å². The van der Waals surface area contributed by atoms with E-state index in [0.717, 1.165) is 38.5 Å². The molecule has 0 saturated heterocycles. The highest BCUT2D eigenvalue weighted by molar-refractivity contribution is 6.70. The number of terminal acetylenes is 1. The Hall–Kier alpha value is -0.676. The Morgan fingerprint density at radius 3 is 2.38 bits per heavy atom. The van der Waals surface area contributed by atoms with Gasteiger partial charge in [-0.15, -0.1) is 6.42 Å². The minimum absolute atomic E-state index is 0.000496. The molecule has 0 radical (unpaired) electrons. The van der Waals surface area contributed by atoms with E-state index in [2.05, 4.69) is 52.1 Å². The van der Waals surface area contributed by atoms with Crippen LogP contribution in [-0.2, 0) is 13.6 Å². The van der Waals surface area contributed by atoms with Crippen LogP contribution in [0, 0.1) is 41.4 Å². The van der Waals surface area contributed by atoms with Gasteiger partial charge in [0.2, 0.25) is 0 Å². The molecule has 0 aromatic carbocycles. The second-order valence-corrected chi connectivity index (χ2v) is 21.8. The zero-order valence-corrected chi connectivity index (χ0v) is 23.4. The molecule has 7 atom stereocenters. The maximum atomic E-state index is 12.1. The van der Waals surface area contributed by atoms with E-state index in [0.29, 0.717) is 29.5 Å². The van der Waals surface area contributed by atoms with Gasteiger partial charge in [0.15, 0.2) is 22.4 Å². The molecule has 0 aliphatic heterocycles. The molecule has 0 aromatic heterocycles. The summed E-state index contributed by atoms with van der Waals surface area (Å²) in [7, 11) is -3.70. The maximum absolute atomic E-state index is 12.1. The van der Waals surface area contributed by atoms with Gasteiger partial charge in [0.25, 0.3) is 0 Å². The van der Waals surface area contributed by atoms with Gasteiger partial charge in [-0.2, -0.15) is 0 Å². The first kappa shape index (κ1) is 24.4. The van der Waals surface area contributed by atoms with Crippen molar-refractivity contribution in [2.45, 2.75) is 109 Å². The predicted octanol–water partition coefficient (Wildman–Crippen LogP) is 6.57. The topological polar surface area (TPSA) is 35.5 Å². The van der Waals surface area contributed by atoms with Gasteiger partial charge in [0.05, 0.1) is 6.10 Å². The number of rotatable bonds is 5. The van der Waals surface area contributed by atoms with E-state index in [-0.39, 0.29) is 11.5 Å². The fraction of sp³-hybridized carbons (Fsp3) is 0.815. The van der Waals surface area contributed by atoms with Crippen LogP contribution in [0.2, 0.25) is 39.3 Å². The molecule has 0 amide bonds. The molecule has 5 heteroatoms. The number of fused-ring (bicyclic) bond motifs is 5. The summed E-state index contributed by atoms with van der Waals surface area (Å²) in [5.74, 6) is 6.18. The normalized spacial score (nSPS) is 41.9. The monoisotopic (exact) mass is 472 g/mol. The summed E-state index contributed by atoms with van der Waals surface area (Å²) in [6.45, 7) is 16.0. The van der Waals surface area contributed by atoms with Gasteiger partial charge in [-0.05, 0) is 114 Å². The van der Waals surface area contributed by atoms with Crippen LogP contribution < -0.4 is 0 Å². The Bertz CT molecular complexity index is 829. The number of hydrogen-bond acceptors (Lipinski definition) is 3. The van der Waals surface area contributed by atoms with E-state index in [1.165, 1.54) is 18.4 Å². The maximum Gasteiger partial charge on any atom is 0.185 e. The molecule has 178 valence electrons.